The number of alkyl halides is 3. The molecule has 1 unspecified atom stereocenters. The summed E-state index contributed by atoms with van der Waals surface area (Å²) in [5.41, 5.74) is -0.836. The molecule has 0 saturated carbocycles. The van der Waals surface area contributed by atoms with Crippen LogP contribution in [0.4, 0.5) is 13.2 Å². The first-order valence-electron chi connectivity index (χ1n) is 3.92. The van der Waals surface area contributed by atoms with E-state index in [0.717, 1.165) is 11.8 Å². The van der Waals surface area contributed by atoms with E-state index in [-0.39, 0.29) is 6.61 Å². The zero-order chi connectivity index (χ0) is 11.5. The van der Waals surface area contributed by atoms with Gasteiger partial charge in [0, 0.05) is 5.75 Å². The van der Waals surface area contributed by atoms with E-state index in [1.165, 1.54) is 0 Å². The van der Waals surface area contributed by atoms with Gasteiger partial charge in [-0.3, -0.25) is 4.79 Å². The summed E-state index contributed by atoms with van der Waals surface area (Å²) in [6.45, 7) is 0.452. The number of ether oxygens (including phenoxy) is 2. The number of hydrogen-bond acceptors (Lipinski definition) is 5. The number of hydrogen-bond donors (Lipinski definition) is 0. The van der Waals surface area contributed by atoms with Gasteiger partial charge in [-0.1, -0.05) is 0 Å². The third-order valence-corrected chi connectivity index (χ3v) is 2.47. The van der Waals surface area contributed by atoms with Gasteiger partial charge in [0.15, 0.2) is 5.44 Å². The first kappa shape index (κ1) is 12.3. The maximum absolute atomic E-state index is 11.8. The largest absolute Gasteiger partial charge is 0.461 e. The Morgan fingerprint density at radius 2 is 2.07 bits per heavy atom. The number of esters is 1. The molecule has 15 heavy (non-hydrogen) atoms. The molecule has 0 amide bonds. The molecule has 1 rings (SSSR count). The van der Waals surface area contributed by atoms with Crippen molar-refractivity contribution in [2.45, 2.75) is 11.6 Å². The van der Waals surface area contributed by atoms with E-state index in [0.29, 0.717) is 12.4 Å². The molecule has 1 aliphatic heterocycles. The molecule has 0 aliphatic carbocycles. The van der Waals surface area contributed by atoms with Crippen molar-refractivity contribution in [3.05, 3.63) is 0 Å². The van der Waals surface area contributed by atoms with Crippen LogP contribution < -0.4 is 0 Å². The number of rotatable bonds is 2. The normalized spacial score (nSPS) is 22.2. The summed E-state index contributed by atoms with van der Waals surface area (Å²) in [4.78, 5) is 21.1. The maximum Gasteiger partial charge on any atom is 0.461 e. The summed E-state index contributed by atoms with van der Waals surface area (Å²) < 4.78 is 44.5. The van der Waals surface area contributed by atoms with E-state index in [2.05, 4.69) is 4.74 Å². The topological polar surface area (TPSA) is 52.6 Å². The summed E-state index contributed by atoms with van der Waals surface area (Å²) in [6, 6.07) is 0. The molecule has 0 aromatic rings. The van der Waals surface area contributed by atoms with Gasteiger partial charge in [0.2, 0.25) is 0 Å². The Kier molecular flexibility index (Phi) is 3.97. The number of carbonyl (C=O) groups excluding carboxylic acids is 2. The van der Waals surface area contributed by atoms with Crippen LogP contribution in [-0.4, -0.2) is 42.3 Å². The molecule has 1 aliphatic rings. The SMILES string of the molecule is O=C(OC1COCCS1)C(=O)C(F)(F)F. The van der Waals surface area contributed by atoms with Crippen LogP contribution in [0.1, 0.15) is 0 Å². The highest BCUT2D eigenvalue weighted by Crippen LogP contribution is 2.21. The van der Waals surface area contributed by atoms with Gasteiger partial charge in [-0.25, -0.2) is 4.79 Å². The van der Waals surface area contributed by atoms with Crippen molar-refractivity contribution in [1.29, 1.82) is 0 Å². The fourth-order valence-corrected chi connectivity index (χ4v) is 1.65. The number of thioether (sulfide) groups is 1. The number of Topliss-reactive ketones (excluding diaryl/α,β-unsaturated/α-hetero) is 1. The van der Waals surface area contributed by atoms with E-state index in [1.807, 2.05) is 0 Å². The maximum atomic E-state index is 11.8. The third-order valence-electron chi connectivity index (χ3n) is 1.47. The van der Waals surface area contributed by atoms with Crippen LogP contribution in [0, 0.1) is 0 Å². The van der Waals surface area contributed by atoms with Crippen molar-refractivity contribution in [2.24, 2.45) is 0 Å². The van der Waals surface area contributed by atoms with Crippen molar-refractivity contribution in [3.8, 4) is 0 Å². The molecule has 0 spiro atoms. The highest BCUT2D eigenvalue weighted by Gasteiger charge is 2.45. The van der Waals surface area contributed by atoms with Gasteiger partial charge >= 0.3 is 17.9 Å². The lowest BCUT2D eigenvalue weighted by Gasteiger charge is -2.21. The monoisotopic (exact) mass is 244 g/mol. The van der Waals surface area contributed by atoms with E-state index in [4.69, 9.17) is 4.74 Å². The van der Waals surface area contributed by atoms with Crippen molar-refractivity contribution in [1.82, 2.24) is 0 Å². The lowest BCUT2D eigenvalue weighted by atomic mass is 10.4. The zero-order valence-corrected chi connectivity index (χ0v) is 8.19. The molecule has 86 valence electrons. The molecule has 0 bridgehead atoms. The quantitative estimate of drug-likeness (QED) is 0.530. The van der Waals surface area contributed by atoms with Crippen LogP contribution in [-0.2, 0) is 19.1 Å². The van der Waals surface area contributed by atoms with E-state index >= 15 is 0 Å². The van der Waals surface area contributed by atoms with Gasteiger partial charge in [0.25, 0.3) is 0 Å². The average Bonchev–Trinajstić information content (AvgIpc) is 2.16. The van der Waals surface area contributed by atoms with Crippen LogP contribution in [0.25, 0.3) is 0 Å². The van der Waals surface area contributed by atoms with E-state index < -0.39 is 23.4 Å². The Hall–Kier alpha value is -0.760. The first-order chi connectivity index (χ1) is 6.91. The molecule has 8 heteroatoms. The summed E-state index contributed by atoms with van der Waals surface area (Å²) >= 11 is 1.13. The minimum atomic E-state index is -5.18. The minimum Gasteiger partial charge on any atom is -0.443 e. The van der Waals surface area contributed by atoms with Gasteiger partial charge in [0.05, 0.1) is 13.2 Å². The molecule has 0 aromatic carbocycles. The van der Waals surface area contributed by atoms with Crippen LogP contribution in [0.3, 0.4) is 0 Å². The summed E-state index contributed by atoms with van der Waals surface area (Å²) in [7, 11) is 0. The van der Waals surface area contributed by atoms with Crippen LogP contribution in [0.2, 0.25) is 0 Å². The molecule has 0 aromatic heterocycles. The van der Waals surface area contributed by atoms with Gasteiger partial charge in [0.1, 0.15) is 0 Å². The van der Waals surface area contributed by atoms with Crippen molar-refractivity contribution in [3.63, 3.8) is 0 Å². The van der Waals surface area contributed by atoms with Gasteiger partial charge in [-0.2, -0.15) is 13.2 Å². The second-order valence-electron chi connectivity index (χ2n) is 2.61. The fraction of sp³-hybridized carbons (Fsp3) is 0.714. The molecule has 4 nitrogen and oxygen atoms in total. The molecule has 1 heterocycles. The lowest BCUT2D eigenvalue weighted by Crippen LogP contribution is -2.36. The van der Waals surface area contributed by atoms with Crippen molar-refractivity contribution < 1.29 is 32.2 Å². The molecule has 0 radical (unpaired) electrons. The molecule has 1 saturated heterocycles. The molecule has 1 fully saturated rings. The Bertz CT molecular complexity index is 259. The minimum absolute atomic E-state index is 0.00153. The Morgan fingerprint density at radius 1 is 1.40 bits per heavy atom. The predicted octanol–water partition coefficient (Wildman–Crippen LogP) is 0.751. The fourth-order valence-electron chi connectivity index (χ4n) is 0.823. The van der Waals surface area contributed by atoms with Gasteiger partial charge in [-0.15, -0.1) is 11.8 Å². The average molecular weight is 244 g/mol. The molecule has 0 N–H and O–H groups in total. The number of carbonyl (C=O) groups is 2. The second-order valence-corrected chi connectivity index (χ2v) is 3.87. The summed E-state index contributed by atoms with van der Waals surface area (Å²) in [5.74, 6) is -3.86. The third kappa shape index (κ3) is 3.71. The van der Waals surface area contributed by atoms with Gasteiger partial charge in [-0.05, 0) is 0 Å². The smallest absolute Gasteiger partial charge is 0.443 e. The lowest BCUT2D eigenvalue weighted by molar-refractivity contribution is -0.184. The number of ketones is 1. The van der Waals surface area contributed by atoms with Crippen molar-refractivity contribution >= 4 is 23.5 Å². The molecular weight excluding hydrogens is 237 g/mol. The van der Waals surface area contributed by atoms with E-state index in [9.17, 15) is 22.8 Å². The molecular formula is C7H7F3O4S. The Morgan fingerprint density at radius 3 is 2.53 bits per heavy atom. The predicted molar refractivity (Wildman–Crippen MR) is 44.2 cm³/mol. The van der Waals surface area contributed by atoms with Crippen LogP contribution >= 0.6 is 11.8 Å². The number of halogens is 3. The highest BCUT2D eigenvalue weighted by atomic mass is 32.2. The Labute approximate surface area is 87.1 Å². The summed E-state index contributed by atoms with van der Waals surface area (Å²) in [5, 5.41) is 0. The van der Waals surface area contributed by atoms with Gasteiger partial charge < -0.3 is 9.47 Å². The Balaban J connectivity index is 2.44. The van der Waals surface area contributed by atoms with Crippen LogP contribution in [0.15, 0.2) is 0 Å². The van der Waals surface area contributed by atoms with Crippen LogP contribution in [0.5, 0.6) is 0 Å². The van der Waals surface area contributed by atoms with E-state index in [1.54, 1.807) is 0 Å². The molecule has 1 atom stereocenters. The summed E-state index contributed by atoms with van der Waals surface area (Å²) in [6.07, 6.45) is -5.18. The highest BCUT2D eigenvalue weighted by molar-refractivity contribution is 7.99. The second kappa shape index (κ2) is 4.84. The zero-order valence-electron chi connectivity index (χ0n) is 7.37. The first-order valence-corrected chi connectivity index (χ1v) is 4.97. The standard InChI is InChI=1S/C7H7F3O4S/c8-7(9,10)5(11)6(12)14-4-3-13-1-2-15-4/h4H,1-3H2. The van der Waals surface area contributed by atoms with Crippen molar-refractivity contribution in [2.75, 3.05) is 19.0 Å².